The molecule has 122 valence electrons. The lowest BCUT2D eigenvalue weighted by molar-refractivity contribution is 0.0943. The predicted octanol–water partition coefficient (Wildman–Crippen LogP) is 3.02. The molecule has 1 saturated carbocycles. The minimum atomic E-state index is -3.39. The van der Waals surface area contributed by atoms with Crippen LogP contribution in [0.5, 0.6) is 0 Å². The zero-order valence-electron chi connectivity index (χ0n) is 12.6. The van der Waals surface area contributed by atoms with Crippen molar-refractivity contribution in [3.05, 3.63) is 28.8 Å². The lowest BCUT2D eigenvalue weighted by atomic mass is 9.89. The molecular weight excluding hydrogens is 324 g/mol. The maximum absolute atomic E-state index is 12.3. The number of sulfonamides is 1. The van der Waals surface area contributed by atoms with Crippen molar-refractivity contribution in [1.82, 2.24) is 5.32 Å². The van der Waals surface area contributed by atoms with E-state index in [-0.39, 0.29) is 11.5 Å². The SMILES string of the molecule is CS(=O)(=O)Nc1ccc(Cl)c(C(=O)NCC2CCCCC2)c1. The van der Waals surface area contributed by atoms with E-state index in [1.54, 1.807) is 0 Å². The van der Waals surface area contributed by atoms with Gasteiger partial charge < -0.3 is 5.32 Å². The summed E-state index contributed by atoms with van der Waals surface area (Å²) in [5.41, 5.74) is 0.612. The summed E-state index contributed by atoms with van der Waals surface area (Å²) in [5.74, 6) is 0.251. The first-order valence-electron chi connectivity index (χ1n) is 7.41. The average molecular weight is 345 g/mol. The van der Waals surface area contributed by atoms with Crippen molar-refractivity contribution in [3.63, 3.8) is 0 Å². The highest BCUT2D eigenvalue weighted by Crippen LogP contribution is 2.24. The lowest BCUT2D eigenvalue weighted by Crippen LogP contribution is -2.30. The van der Waals surface area contributed by atoms with Crippen molar-refractivity contribution in [3.8, 4) is 0 Å². The molecule has 0 spiro atoms. The number of nitrogens with one attached hydrogen (secondary N) is 2. The fraction of sp³-hybridized carbons (Fsp3) is 0.533. The summed E-state index contributed by atoms with van der Waals surface area (Å²) in [7, 11) is -3.39. The Hall–Kier alpha value is -1.27. The van der Waals surface area contributed by atoms with Gasteiger partial charge in [0.1, 0.15) is 0 Å². The minimum absolute atomic E-state index is 0.271. The van der Waals surface area contributed by atoms with Crippen LogP contribution in [0.2, 0.25) is 5.02 Å². The molecule has 0 bridgehead atoms. The molecule has 0 unspecified atom stereocenters. The monoisotopic (exact) mass is 344 g/mol. The molecule has 0 heterocycles. The topological polar surface area (TPSA) is 75.3 Å². The number of hydrogen-bond donors (Lipinski definition) is 2. The van der Waals surface area contributed by atoms with E-state index < -0.39 is 10.0 Å². The van der Waals surface area contributed by atoms with Gasteiger partial charge in [-0.25, -0.2) is 8.42 Å². The molecule has 0 aliphatic heterocycles. The standard InChI is InChI=1S/C15H21ClN2O3S/c1-22(20,21)18-12-7-8-14(16)13(9-12)15(19)17-10-11-5-3-2-4-6-11/h7-9,11,18H,2-6,10H2,1H3,(H,17,19). The van der Waals surface area contributed by atoms with Crippen molar-refractivity contribution in [2.75, 3.05) is 17.5 Å². The molecule has 1 aliphatic rings. The molecule has 0 radical (unpaired) electrons. The van der Waals surface area contributed by atoms with Gasteiger partial charge in [0.2, 0.25) is 10.0 Å². The molecule has 1 aliphatic carbocycles. The molecule has 1 fully saturated rings. The van der Waals surface area contributed by atoms with Gasteiger partial charge in [-0.2, -0.15) is 0 Å². The highest BCUT2D eigenvalue weighted by molar-refractivity contribution is 7.92. The van der Waals surface area contributed by atoms with Gasteiger partial charge in [-0.15, -0.1) is 0 Å². The summed E-state index contributed by atoms with van der Waals surface area (Å²) >= 11 is 6.05. The lowest BCUT2D eigenvalue weighted by Gasteiger charge is -2.21. The number of rotatable bonds is 5. The fourth-order valence-electron chi connectivity index (χ4n) is 2.70. The van der Waals surface area contributed by atoms with Gasteiger partial charge in [-0.3, -0.25) is 9.52 Å². The molecule has 2 N–H and O–H groups in total. The Bertz CT molecular complexity index is 640. The van der Waals surface area contributed by atoms with E-state index in [0.29, 0.717) is 23.2 Å². The van der Waals surface area contributed by atoms with Crippen LogP contribution < -0.4 is 10.0 Å². The van der Waals surface area contributed by atoms with Crippen LogP contribution in [0.25, 0.3) is 0 Å². The van der Waals surface area contributed by atoms with Crippen LogP contribution in [0, 0.1) is 5.92 Å². The van der Waals surface area contributed by atoms with Gasteiger partial charge in [0.15, 0.2) is 0 Å². The first kappa shape index (κ1) is 17.1. The number of halogens is 1. The van der Waals surface area contributed by atoms with Crippen LogP contribution in [-0.4, -0.2) is 27.1 Å². The van der Waals surface area contributed by atoms with Gasteiger partial charge in [-0.1, -0.05) is 30.9 Å². The van der Waals surface area contributed by atoms with Gasteiger partial charge in [0.25, 0.3) is 5.91 Å². The summed E-state index contributed by atoms with van der Waals surface area (Å²) in [5, 5.41) is 3.20. The Balaban J connectivity index is 2.03. The normalized spacial score (nSPS) is 16.3. The Morgan fingerprint density at radius 3 is 2.59 bits per heavy atom. The van der Waals surface area contributed by atoms with Gasteiger partial charge in [-0.05, 0) is 37.0 Å². The molecular formula is C15H21ClN2O3S. The zero-order chi connectivity index (χ0) is 16.2. The second-order valence-electron chi connectivity index (χ2n) is 5.78. The smallest absolute Gasteiger partial charge is 0.252 e. The summed E-state index contributed by atoms with van der Waals surface area (Å²) in [6, 6.07) is 4.51. The van der Waals surface area contributed by atoms with Gasteiger partial charge in [0.05, 0.1) is 16.8 Å². The summed E-state index contributed by atoms with van der Waals surface area (Å²) in [6.45, 7) is 0.638. The molecule has 2 rings (SSSR count). The van der Waals surface area contributed by atoms with Crippen molar-refractivity contribution >= 4 is 33.2 Å². The van der Waals surface area contributed by atoms with E-state index in [4.69, 9.17) is 11.6 Å². The van der Waals surface area contributed by atoms with Crippen molar-refractivity contribution < 1.29 is 13.2 Å². The predicted molar refractivity (Wildman–Crippen MR) is 88.8 cm³/mol. The summed E-state index contributed by atoms with van der Waals surface area (Å²) in [6.07, 6.45) is 7.05. The van der Waals surface area contributed by atoms with Crippen molar-refractivity contribution in [1.29, 1.82) is 0 Å². The van der Waals surface area contributed by atoms with Crippen molar-refractivity contribution in [2.45, 2.75) is 32.1 Å². The third-order valence-corrected chi connectivity index (χ3v) is 4.73. The Kier molecular flexibility index (Phi) is 5.69. The molecule has 5 nitrogen and oxygen atoms in total. The summed E-state index contributed by atoms with van der Waals surface area (Å²) < 4.78 is 24.9. The van der Waals surface area contributed by atoms with Crippen LogP contribution in [0.3, 0.4) is 0 Å². The van der Waals surface area contributed by atoms with Gasteiger partial charge in [0, 0.05) is 12.2 Å². The number of carbonyl (C=O) groups is 1. The molecule has 0 atom stereocenters. The first-order valence-corrected chi connectivity index (χ1v) is 9.67. The number of hydrogen-bond acceptors (Lipinski definition) is 3. The number of carbonyl (C=O) groups excluding carboxylic acids is 1. The Labute approximate surface area is 136 Å². The molecule has 1 aromatic carbocycles. The maximum atomic E-state index is 12.3. The molecule has 7 heteroatoms. The molecule has 1 amide bonds. The third-order valence-electron chi connectivity index (χ3n) is 3.79. The van der Waals surface area contributed by atoms with E-state index in [1.165, 1.54) is 37.5 Å². The second kappa shape index (κ2) is 7.33. The fourth-order valence-corrected chi connectivity index (χ4v) is 3.46. The number of anilines is 1. The first-order chi connectivity index (χ1) is 10.3. The number of amides is 1. The molecule has 0 aromatic heterocycles. The van der Waals surface area contributed by atoms with E-state index in [0.717, 1.165) is 19.1 Å². The van der Waals surface area contributed by atoms with Crippen LogP contribution in [0.1, 0.15) is 42.5 Å². The van der Waals surface area contributed by atoms with Crippen molar-refractivity contribution in [2.24, 2.45) is 5.92 Å². The molecule has 22 heavy (non-hydrogen) atoms. The Morgan fingerprint density at radius 2 is 1.95 bits per heavy atom. The highest BCUT2D eigenvalue weighted by Gasteiger charge is 2.17. The number of benzene rings is 1. The Morgan fingerprint density at radius 1 is 1.27 bits per heavy atom. The van der Waals surface area contributed by atoms with E-state index in [9.17, 15) is 13.2 Å². The van der Waals surface area contributed by atoms with Gasteiger partial charge >= 0.3 is 0 Å². The van der Waals surface area contributed by atoms with Crippen LogP contribution >= 0.6 is 11.6 Å². The van der Waals surface area contributed by atoms with Crippen LogP contribution in [-0.2, 0) is 10.0 Å². The van der Waals surface area contributed by atoms with E-state index in [1.807, 2.05) is 0 Å². The van der Waals surface area contributed by atoms with E-state index in [2.05, 4.69) is 10.0 Å². The molecule has 0 saturated heterocycles. The zero-order valence-corrected chi connectivity index (χ0v) is 14.1. The van der Waals surface area contributed by atoms with E-state index >= 15 is 0 Å². The highest BCUT2D eigenvalue weighted by atomic mass is 35.5. The third kappa shape index (κ3) is 5.18. The summed E-state index contributed by atoms with van der Waals surface area (Å²) in [4.78, 5) is 12.3. The minimum Gasteiger partial charge on any atom is -0.352 e. The van der Waals surface area contributed by atoms with Crippen LogP contribution in [0.4, 0.5) is 5.69 Å². The van der Waals surface area contributed by atoms with Crippen LogP contribution in [0.15, 0.2) is 18.2 Å². The maximum Gasteiger partial charge on any atom is 0.252 e. The second-order valence-corrected chi connectivity index (χ2v) is 7.94. The molecule has 1 aromatic rings. The quantitative estimate of drug-likeness (QED) is 0.862. The average Bonchev–Trinajstić information content (AvgIpc) is 2.46. The largest absolute Gasteiger partial charge is 0.352 e.